The fourth-order valence-electron chi connectivity index (χ4n) is 5.09. The standard InChI is InChI=1S/C34H44F2N4O5S/c1-6-11-40(12-7-2)33(41)26-13-23(3)14-27(19-26)34(42)45-32(31(37)18-25-15-28(35)20-29(36)16-25)22-38-21-24-9-8-10-30(17-24)39(4)46(5,43)44/h8-10,13-17,19-20,31-32,38H,6-7,11-12,18,21-22,37H2,1-5H3/t31-,32+/m1/s1. The van der Waals surface area contributed by atoms with Gasteiger partial charge in [0.15, 0.2) is 0 Å². The molecule has 3 aromatic rings. The third kappa shape index (κ3) is 10.6. The quantitative estimate of drug-likeness (QED) is 0.212. The zero-order valence-electron chi connectivity index (χ0n) is 27.1. The van der Waals surface area contributed by atoms with Crippen molar-refractivity contribution < 1.29 is 31.5 Å². The molecule has 0 aliphatic heterocycles. The molecule has 9 nitrogen and oxygen atoms in total. The molecule has 0 unspecified atom stereocenters. The molecule has 0 aromatic heterocycles. The fraction of sp³-hybridized carbons (Fsp3) is 0.412. The molecule has 3 rings (SSSR count). The van der Waals surface area contributed by atoms with Gasteiger partial charge >= 0.3 is 5.97 Å². The van der Waals surface area contributed by atoms with E-state index in [9.17, 15) is 26.8 Å². The van der Waals surface area contributed by atoms with Crippen LogP contribution in [0.3, 0.4) is 0 Å². The molecule has 12 heteroatoms. The lowest BCUT2D eigenvalue weighted by Crippen LogP contribution is -2.46. The second-order valence-corrected chi connectivity index (χ2v) is 13.5. The predicted molar refractivity (Wildman–Crippen MR) is 176 cm³/mol. The first kappa shape index (κ1) is 36.6. The van der Waals surface area contributed by atoms with Crippen LogP contribution in [0.1, 0.15) is 64.1 Å². The van der Waals surface area contributed by atoms with E-state index in [1.807, 2.05) is 19.9 Å². The number of halogens is 2. The maximum atomic E-state index is 13.9. The van der Waals surface area contributed by atoms with Crippen LogP contribution in [-0.2, 0) is 27.7 Å². The molecule has 3 N–H and O–H groups in total. The zero-order chi connectivity index (χ0) is 34.0. The Morgan fingerprint density at radius 1 is 0.935 bits per heavy atom. The molecule has 0 aliphatic rings. The van der Waals surface area contributed by atoms with Crippen LogP contribution in [0, 0.1) is 18.6 Å². The first-order valence-electron chi connectivity index (χ1n) is 15.3. The molecule has 0 saturated carbocycles. The Hall–Kier alpha value is -3.87. The van der Waals surface area contributed by atoms with Crippen LogP contribution in [0.25, 0.3) is 0 Å². The van der Waals surface area contributed by atoms with Crippen LogP contribution in [0.2, 0.25) is 0 Å². The molecule has 0 heterocycles. The number of carbonyl (C=O) groups excluding carboxylic acids is 2. The molecule has 0 fully saturated rings. The van der Waals surface area contributed by atoms with Crippen LogP contribution >= 0.6 is 0 Å². The molecule has 2 atom stereocenters. The maximum absolute atomic E-state index is 13.9. The largest absolute Gasteiger partial charge is 0.456 e. The number of carbonyl (C=O) groups is 2. The minimum Gasteiger partial charge on any atom is -0.456 e. The number of nitrogens with one attached hydrogen (secondary N) is 1. The van der Waals surface area contributed by atoms with Gasteiger partial charge in [0.1, 0.15) is 17.7 Å². The number of benzene rings is 3. The van der Waals surface area contributed by atoms with Crippen molar-refractivity contribution in [1.29, 1.82) is 0 Å². The van der Waals surface area contributed by atoms with E-state index in [4.69, 9.17) is 10.5 Å². The highest BCUT2D eigenvalue weighted by molar-refractivity contribution is 7.92. The molecule has 0 bridgehead atoms. The van der Waals surface area contributed by atoms with E-state index in [-0.39, 0.29) is 31.0 Å². The number of rotatable bonds is 16. The monoisotopic (exact) mass is 658 g/mol. The average Bonchev–Trinajstić information content (AvgIpc) is 2.98. The predicted octanol–water partition coefficient (Wildman–Crippen LogP) is 4.82. The highest BCUT2D eigenvalue weighted by atomic mass is 32.2. The Morgan fingerprint density at radius 3 is 2.17 bits per heavy atom. The number of aryl methyl sites for hydroxylation is 1. The van der Waals surface area contributed by atoms with Crippen LogP contribution < -0.4 is 15.4 Å². The number of ether oxygens (including phenoxy) is 1. The maximum Gasteiger partial charge on any atom is 0.338 e. The van der Waals surface area contributed by atoms with Gasteiger partial charge < -0.3 is 20.7 Å². The Kier molecular flexibility index (Phi) is 13.2. The lowest BCUT2D eigenvalue weighted by Gasteiger charge is -2.25. The lowest BCUT2D eigenvalue weighted by molar-refractivity contribution is 0.0238. The van der Waals surface area contributed by atoms with Gasteiger partial charge in [-0.1, -0.05) is 26.0 Å². The summed E-state index contributed by atoms with van der Waals surface area (Å²) in [5.74, 6) is -2.36. The highest BCUT2D eigenvalue weighted by Crippen LogP contribution is 2.19. The molecule has 1 amide bonds. The molecule has 0 spiro atoms. The number of hydrogen-bond donors (Lipinski definition) is 2. The van der Waals surface area contributed by atoms with Crippen LogP contribution in [0.5, 0.6) is 0 Å². The molecule has 46 heavy (non-hydrogen) atoms. The molecular formula is C34H44F2N4O5S. The molecule has 250 valence electrons. The number of anilines is 1. The summed E-state index contributed by atoms with van der Waals surface area (Å²) in [6.07, 6.45) is 1.79. The van der Waals surface area contributed by atoms with Crippen molar-refractivity contribution in [3.63, 3.8) is 0 Å². The smallest absolute Gasteiger partial charge is 0.338 e. The van der Waals surface area contributed by atoms with Gasteiger partial charge in [0.2, 0.25) is 10.0 Å². The van der Waals surface area contributed by atoms with Crippen LogP contribution in [0.4, 0.5) is 14.5 Å². The van der Waals surface area contributed by atoms with Gasteiger partial charge in [-0.15, -0.1) is 0 Å². The highest BCUT2D eigenvalue weighted by Gasteiger charge is 2.25. The van der Waals surface area contributed by atoms with Crippen molar-refractivity contribution in [3.05, 3.63) is 100 Å². The number of amides is 1. The van der Waals surface area contributed by atoms with Crippen LogP contribution in [-0.4, -0.2) is 70.3 Å². The second kappa shape index (κ2) is 16.6. The van der Waals surface area contributed by atoms with Crippen molar-refractivity contribution in [2.24, 2.45) is 5.73 Å². The van der Waals surface area contributed by atoms with E-state index in [1.165, 1.54) is 29.6 Å². The van der Waals surface area contributed by atoms with Gasteiger partial charge in [-0.2, -0.15) is 0 Å². The Balaban J connectivity index is 1.83. The number of esters is 1. The minimum atomic E-state index is -3.45. The van der Waals surface area contributed by atoms with E-state index >= 15 is 0 Å². The summed E-state index contributed by atoms with van der Waals surface area (Å²) >= 11 is 0. The molecule has 0 radical (unpaired) electrons. The van der Waals surface area contributed by atoms with E-state index in [1.54, 1.807) is 42.2 Å². The van der Waals surface area contributed by atoms with Gasteiger partial charge in [-0.3, -0.25) is 9.10 Å². The van der Waals surface area contributed by atoms with Gasteiger partial charge in [0.25, 0.3) is 5.91 Å². The summed E-state index contributed by atoms with van der Waals surface area (Å²) < 4.78 is 58.8. The Bertz CT molecular complexity index is 1590. The van der Waals surface area contributed by atoms with Crippen LogP contribution in [0.15, 0.2) is 60.7 Å². The zero-order valence-corrected chi connectivity index (χ0v) is 27.9. The second-order valence-electron chi connectivity index (χ2n) is 11.5. The molecular weight excluding hydrogens is 614 g/mol. The summed E-state index contributed by atoms with van der Waals surface area (Å²) in [5.41, 5.74) is 9.31. The lowest BCUT2D eigenvalue weighted by atomic mass is 10.0. The van der Waals surface area contributed by atoms with E-state index < -0.39 is 39.8 Å². The topological polar surface area (TPSA) is 122 Å². The Morgan fingerprint density at radius 2 is 1.57 bits per heavy atom. The first-order chi connectivity index (χ1) is 21.7. The van der Waals surface area contributed by atoms with Gasteiger partial charge in [0.05, 0.1) is 17.5 Å². The molecule has 3 aromatic carbocycles. The van der Waals surface area contributed by atoms with Crippen molar-refractivity contribution in [2.75, 3.05) is 37.2 Å². The first-order valence-corrected chi connectivity index (χ1v) is 17.1. The normalized spacial score (nSPS) is 12.8. The average molecular weight is 659 g/mol. The summed E-state index contributed by atoms with van der Waals surface area (Å²) in [7, 11) is -2.00. The van der Waals surface area contributed by atoms with Crippen molar-refractivity contribution >= 4 is 27.6 Å². The molecule has 0 aliphatic carbocycles. The van der Waals surface area contributed by atoms with Crippen molar-refractivity contribution in [1.82, 2.24) is 10.2 Å². The van der Waals surface area contributed by atoms with E-state index in [0.717, 1.165) is 30.7 Å². The van der Waals surface area contributed by atoms with E-state index in [2.05, 4.69) is 5.32 Å². The van der Waals surface area contributed by atoms with Gasteiger partial charge in [0, 0.05) is 50.9 Å². The Labute approximate surface area is 270 Å². The summed E-state index contributed by atoms with van der Waals surface area (Å²) in [6.45, 7) is 7.33. The number of hydrogen-bond acceptors (Lipinski definition) is 7. The summed E-state index contributed by atoms with van der Waals surface area (Å²) in [5, 5.41) is 3.20. The number of nitrogens with zero attached hydrogens (tertiary/aromatic N) is 2. The van der Waals surface area contributed by atoms with Gasteiger partial charge in [-0.25, -0.2) is 22.0 Å². The summed E-state index contributed by atoms with van der Waals surface area (Å²) in [4.78, 5) is 28.5. The minimum absolute atomic E-state index is 0.0174. The fourth-order valence-corrected chi connectivity index (χ4v) is 5.59. The van der Waals surface area contributed by atoms with E-state index in [0.29, 0.717) is 35.5 Å². The third-order valence-corrected chi connectivity index (χ3v) is 8.62. The van der Waals surface area contributed by atoms with Crippen molar-refractivity contribution in [2.45, 2.75) is 58.7 Å². The number of nitrogens with two attached hydrogens (primary N) is 1. The SMILES string of the molecule is CCCN(CCC)C(=O)c1cc(C)cc(C(=O)O[C@@H](CNCc2cccc(N(C)S(C)(=O)=O)c2)[C@H](N)Cc2cc(F)cc(F)c2)c1. The van der Waals surface area contributed by atoms with Gasteiger partial charge in [-0.05, 0) is 85.3 Å². The summed E-state index contributed by atoms with van der Waals surface area (Å²) in [6, 6.07) is 14.1. The number of sulfonamides is 1. The third-order valence-electron chi connectivity index (χ3n) is 7.41. The molecule has 0 saturated heterocycles. The van der Waals surface area contributed by atoms with Crippen molar-refractivity contribution in [3.8, 4) is 0 Å².